The van der Waals surface area contributed by atoms with Crippen molar-refractivity contribution in [2.24, 2.45) is 17.6 Å². The second-order valence-corrected chi connectivity index (χ2v) is 5.95. The minimum Gasteiger partial charge on any atom is -0.327 e. The summed E-state index contributed by atoms with van der Waals surface area (Å²) < 4.78 is 14.0. The predicted molar refractivity (Wildman–Crippen MR) is 72.3 cm³/mol. The lowest BCUT2D eigenvalue weighted by Gasteiger charge is -2.23. The van der Waals surface area contributed by atoms with Crippen LogP contribution in [-0.2, 0) is 6.42 Å². The van der Waals surface area contributed by atoms with E-state index in [0.29, 0.717) is 16.3 Å². The fourth-order valence-corrected chi connectivity index (χ4v) is 3.35. The fraction of sp³-hybridized carbons (Fsp3) is 0.571. The summed E-state index contributed by atoms with van der Waals surface area (Å²) in [6.07, 6.45) is 4.54. The molecule has 17 heavy (non-hydrogen) atoms. The van der Waals surface area contributed by atoms with Gasteiger partial charge in [-0.25, -0.2) is 4.39 Å². The van der Waals surface area contributed by atoms with Crippen molar-refractivity contribution >= 4 is 15.9 Å². The van der Waals surface area contributed by atoms with Crippen molar-refractivity contribution in [1.29, 1.82) is 0 Å². The van der Waals surface area contributed by atoms with Gasteiger partial charge in [-0.2, -0.15) is 0 Å². The Morgan fingerprint density at radius 3 is 2.88 bits per heavy atom. The molecule has 1 aliphatic carbocycles. The molecule has 3 heteroatoms. The molecule has 0 bridgehead atoms. The maximum Gasteiger partial charge on any atom is 0.137 e. The van der Waals surface area contributed by atoms with E-state index in [2.05, 4.69) is 22.9 Å². The monoisotopic (exact) mass is 299 g/mol. The Labute approximate surface area is 111 Å². The number of benzene rings is 1. The number of hydrogen-bond donors (Lipinski definition) is 1. The molecule has 0 spiro atoms. The van der Waals surface area contributed by atoms with Crippen LogP contribution in [0, 0.1) is 17.7 Å². The van der Waals surface area contributed by atoms with Gasteiger partial charge >= 0.3 is 0 Å². The summed E-state index contributed by atoms with van der Waals surface area (Å²) in [5.41, 5.74) is 7.26. The second-order valence-electron chi connectivity index (χ2n) is 5.15. The van der Waals surface area contributed by atoms with E-state index >= 15 is 0 Å². The smallest absolute Gasteiger partial charge is 0.137 e. The molecule has 0 saturated heterocycles. The maximum atomic E-state index is 13.4. The molecule has 1 saturated carbocycles. The Morgan fingerprint density at radius 2 is 2.24 bits per heavy atom. The highest BCUT2D eigenvalue weighted by Gasteiger charge is 2.29. The highest BCUT2D eigenvalue weighted by molar-refractivity contribution is 9.10. The van der Waals surface area contributed by atoms with Gasteiger partial charge in [-0.1, -0.05) is 31.9 Å². The molecule has 2 rings (SSSR count). The van der Waals surface area contributed by atoms with E-state index in [0.717, 1.165) is 12.0 Å². The van der Waals surface area contributed by atoms with E-state index in [1.54, 1.807) is 6.07 Å². The third-order valence-corrected chi connectivity index (χ3v) is 4.85. The van der Waals surface area contributed by atoms with Crippen molar-refractivity contribution in [3.05, 3.63) is 34.1 Å². The topological polar surface area (TPSA) is 26.0 Å². The van der Waals surface area contributed by atoms with Crippen molar-refractivity contribution in [3.63, 3.8) is 0 Å². The third kappa shape index (κ3) is 2.89. The third-order valence-electron chi connectivity index (χ3n) is 3.96. The van der Waals surface area contributed by atoms with Crippen LogP contribution < -0.4 is 5.73 Å². The molecule has 0 radical (unpaired) electrons. The molecular formula is C14H19BrFN. The average Bonchev–Trinajstić information content (AvgIpc) is 2.71. The Kier molecular flexibility index (Phi) is 4.21. The van der Waals surface area contributed by atoms with E-state index in [1.165, 1.54) is 25.3 Å². The van der Waals surface area contributed by atoms with Gasteiger partial charge in [-0.3, -0.25) is 0 Å². The van der Waals surface area contributed by atoms with Gasteiger partial charge in [0.15, 0.2) is 0 Å². The van der Waals surface area contributed by atoms with Crippen LogP contribution in [0.2, 0.25) is 0 Å². The molecule has 1 fully saturated rings. The Hall–Kier alpha value is -0.410. The van der Waals surface area contributed by atoms with Crippen LogP contribution in [0.4, 0.5) is 4.39 Å². The lowest BCUT2D eigenvalue weighted by atomic mass is 9.87. The predicted octanol–water partition coefficient (Wildman–Crippen LogP) is 3.89. The number of hydrogen-bond acceptors (Lipinski definition) is 1. The van der Waals surface area contributed by atoms with Crippen molar-refractivity contribution in [2.45, 2.75) is 38.6 Å². The van der Waals surface area contributed by atoms with Crippen LogP contribution in [0.15, 0.2) is 22.7 Å². The molecular weight excluding hydrogens is 281 g/mol. The van der Waals surface area contributed by atoms with E-state index in [9.17, 15) is 4.39 Å². The molecule has 94 valence electrons. The van der Waals surface area contributed by atoms with Crippen LogP contribution in [0.25, 0.3) is 0 Å². The largest absolute Gasteiger partial charge is 0.327 e. The highest BCUT2D eigenvalue weighted by atomic mass is 79.9. The first-order chi connectivity index (χ1) is 8.09. The summed E-state index contributed by atoms with van der Waals surface area (Å²) in [4.78, 5) is 0. The van der Waals surface area contributed by atoms with Crippen LogP contribution >= 0.6 is 15.9 Å². The molecule has 0 amide bonds. The molecule has 1 aliphatic rings. The van der Waals surface area contributed by atoms with Gasteiger partial charge in [0, 0.05) is 6.04 Å². The standard InChI is InChI=1S/C14H19BrFN/c1-9-4-2-6-11(9)13(17)8-10-5-3-7-12(16)14(10)15/h3,5,7,9,11,13H,2,4,6,8,17H2,1H3. The van der Waals surface area contributed by atoms with Crippen LogP contribution in [-0.4, -0.2) is 6.04 Å². The molecule has 0 aromatic heterocycles. The summed E-state index contributed by atoms with van der Waals surface area (Å²) in [6, 6.07) is 5.31. The Bertz CT molecular complexity index is 394. The number of nitrogens with two attached hydrogens (primary N) is 1. The summed E-state index contributed by atoms with van der Waals surface area (Å²) in [5.74, 6) is 1.09. The molecule has 0 heterocycles. The van der Waals surface area contributed by atoms with Gasteiger partial charge < -0.3 is 5.73 Å². The summed E-state index contributed by atoms with van der Waals surface area (Å²) in [6.45, 7) is 2.28. The first-order valence-corrected chi connectivity index (χ1v) is 7.07. The van der Waals surface area contributed by atoms with Crippen molar-refractivity contribution < 1.29 is 4.39 Å². The van der Waals surface area contributed by atoms with Crippen LogP contribution in [0.1, 0.15) is 31.7 Å². The molecule has 1 nitrogen and oxygen atoms in total. The van der Waals surface area contributed by atoms with Crippen molar-refractivity contribution in [3.8, 4) is 0 Å². The van der Waals surface area contributed by atoms with Gasteiger partial charge in [0.05, 0.1) is 4.47 Å². The SMILES string of the molecule is CC1CCCC1C(N)Cc1cccc(F)c1Br. The summed E-state index contributed by atoms with van der Waals surface area (Å²) >= 11 is 3.30. The second kappa shape index (κ2) is 5.49. The number of halogens is 2. The first-order valence-electron chi connectivity index (χ1n) is 6.28. The van der Waals surface area contributed by atoms with Crippen LogP contribution in [0.3, 0.4) is 0 Å². The van der Waals surface area contributed by atoms with Crippen molar-refractivity contribution in [2.75, 3.05) is 0 Å². The zero-order valence-corrected chi connectivity index (χ0v) is 11.7. The molecule has 2 N–H and O–H groups in total. The maximum absolute atomic E-state index is 13.4. The first kappa shape index (κ1) is 13.0. The van der Waals surface area contributed by atoms with E-state index in [1.807, 2.05) is 6.07 Å². The van der Waals surface area contributed by atoms with Gasteiger partial charge in [-0.15, -0.1) is 0 Å². The summed E-state index contributed by atoms with van der Waals surface area (Å²) in [7, 11) is 0. The van der Waals surface area contributed by atoms with Crippen LogP contribution in [0.5, 0.6) is 0 Å². The molecule has 1 aromatic rings. The van der Waals surface area contributed by atoms with Gasteiger partial charge in [0.2, 0.25) is 0 Å². The average molecular weight is 300 g/mol. The van der Waals surface area contributed by atoms with Gasteiger partial charge in [0.25, 0.3) is 0 Å². The summed E-state index contributed by atoms with van der Waals surface area (Å²) in [5, 5.41) is 0. The van der Waals surface area contributed by atoms with Gasteiger partial charge in [0.1, 0.15) is 5.82 Å². The lowest BCUT2D eigenvalue weighted by Crippen LogP contribution is -2.33. The minimum atomic E-state index is -0.200. The molecule has 3 atom stereocenters. The van der Waals surface area contributed by atoms with E-state index < -0.39 is 0 Å². The van der Waals surface area contributed by atoms with E-state index in [-0.39, 0.29) is 11.9 Å². The number of rotatable bonds is 3. The van der Waals surface area contributed by atoms with Gasteiger partial charge in [-0.05, 0) is 52.2 Å². The van der Waals surface area contributed by atoms with Crippen molar-refractivity contribution in [1.82, 2.24) is 0 Å². The zero-order valence-electron chi connectivity index (χ0n) is 10.1. The highest BCUT2D eigenvalue weighted by Crippen LogP contribution is 2.34. The minimum absolute atomic E-state index is 0.144. The normalized spacial score (nSPS) is 26.1. The Morgan fingerprint density at radius 1 is 1.47 bits per heavy atom. The Balaban J connectivity index is 2.07. The van der Waals surface area contributed by atoms with E-state index in [4.69, 9.17) is 5.73 Å². The molecule has 1 aromatic carbocycles. The fourth-order valence-electron chi connectivity index (χ4n) is 2.92. The quantitative estimate of drug-likeness (QED) is 0.900. The lowest BCUT2D eigenvalue weighted by molar-refractivity contribution is 0.343. The molecule has 0 aliphatic heterocycles. The molecule has 3 unspecified atom stereocenters. The zero-order chi connectivity index (χ0) is 12.4.